The molecule has 0 saturated carbocycles. The average Bonchev–Trinajstić information content (AvgIpc) is 2.92. The molecule has 23 heavy (non-hydrogen) atoms. The molecule has 1 aromatic heterocycles. The number of aromatic amines is 1. The van der Waals surface area contributed by atoms with E-state index in [1.165, 1.54) is 33.3 Å². The van der Waals surface area contributed by atoms with Gasteiger partial charge in [-0.2, -0.15) is 0 Å². The van der Waals surface area contributed by atoms with Crippen LogP contribution in [0.25, 0.3) is 10.9 Å². The lowest BCUT2D eigenvalue weighted by Crippen LogP contribution is -2.35. The van der Waals surface area contributed by atoms with Crippen molar-refractivity contribution < 1.29 is 4.79 Å². The first-order valence-corrected chi connectivity index (χ1v) is 8.08. The molecular formula is C20H20N2O. The van der Waals surface area contributed by atoms with E-state index in [-0.39, 0.29) is 5.91 Å². The molecule has 0 saturated heterocycles. The van der Waals surface area contributed by atoms with Gasteiger partial charge < -0.3 is 9.88 Å². The molecule has 1 aliphatic heterocycles. The van der Waals surface area contributed by atoms with Crippen molar-refractivity contribution in [2.45, 2.75) is 26.8 Å². The molecule has 0 atom stereocenters. The number of carbonyl (C=O) groups is 1. The zero-order chi connectivity index (χ0) is 16.0. The monoisotopic (exact) mass is 304 g/mol. The molecule has 0 fully saturated rings. The number of H-pyrrole nitrogens is 1. The first-order chi connectivity index (χ1) is 11.1. The van der Waals surface area contributed by atoms with E-state index in [1.54, 1.807) is 0 Å². The van der Waals surface area contributed by atoms with Gasteiger partial charge in [-0.1, -0.05) is 18.2 Å². The summed E-state index contributed by atoms with van der Waals surface area (Å²) in [6, 6.07) is 14.0. The number of carbonyl (C=O) groups excluding carboxylic acids is 1. The van der Waals surface area contributed by atoms with Gasteiger partial charge in [-0.15, -0.1) is 0 Å². The van der Waals surface area contributed by atoms with Crippen LogP contribution in [0.4, 0.5) is 0 Å². The SMILES string of the molecule is Cc1cc2[nH]c3c(c2cc1C)CN(C(=O)c1ccccc1)CC3. The minimum atomic E-state index is 0.120. The number of fused-ring (bicyclic) bond motifs is 3. The topological polar surface area (TPSA) is 36.1 Å². The molecule has 3 nitrogen and oxygen atoms in total. The molecule has 1 amide bonds. The molecular weight excluding hydrogens is 284 g/mol. The normalized spacial score (nSPS) is 14.1. The number of rotatable bonds is 1. The van der Waals surface area contributed by atoms with Gasteiger partial charge in [-0.3, -0.25) is 4.79 Å². The fourth-order valence-electron chi connectivity index (χ4n) is 3.42. The Hall–Kier alpha value is -2.55. The lowest BCUT2D eigenvalue weighted by atomic mass is 10.0. The second-order valence-electron chi connectivity index (χ2n) is 6.41. The second-order valence-corrected chi connectivity index (χ2v) is 6.41. The highest BCUT2D eigenvalue weighted by atomic mass is 16.2. The Kier molecular flexibility index (Phi) is 3.22. The predicted molar refractivity (Wildman–Crippen MR) is 92.7 cm³/mol. The fraction of sp³-hybridized carbons (Fsp3) is 0.250. The summed E-state index contributed by atoms with van der Waals surface area (Å²) in [6.07, 6.45) is 0.890. The molecule has 1 aliphatic rings. The van der Waals surface area contributed by atoms with Gasteiger partial charge in [0, 0.05) is 47.2 Å². The Bertz CT molecular complexity index is 893. The van der Waals surface area contributed by atoms with Gasteiger partial charge in [0.05, 0.1) is 0 Å². The number of hydrogen-bond donors (Lipinski definition) is 1. The molecule has 0 bridgehead atoms. The van der Waals surface area contributed by atoms with Crippen LogP contribution in [-0.2, 0) is 13.0 Å². The molecule has 0 aliphatic carbocycles. The Morgan fingerprint density at radius 3 is 2.61 bits per heavy atom. The summed E-state index contributed by atoms with van der Waals surface area (Å²) < 4.78 is 0. The van der Waals surface area contributed by atoms with Crippen LogP contribution >= 0.6 is 0 Å². The third kappa shape index (κ3) is 2.33. The summed E-state index contributed by atoms with van der Waals surface area (Å²) in [5, 5.41) is 1.26. The van der Waals surface area contributed by atoms with Gasteiger partial charge >= 0.3 is 0 Å². The van der Waals surface area contributed by atoms with Crippen molar-refractivity contribution in [3.63, 3.8) is 0 Å². The van der Waals surface area contributed by atoms with Crippen molar-refractivity contribution in [2.24, 2.45) is 0 Å². The van der Waals surface area contributed by atoms with Crippen LogP contribution in [0, 0.1) is 13.8 Å². The van der Waals surface area contributed by atoms with Gasteiger partial charge in [0.2, 0.25) is 0 Å². The number of nitrogens with one attached hydrogen (secondary N) is 1. The number of benzene rings is 2. The molecule has 4 rings (SSSR count). The molecule has 0 radical (unpaired) electrons. The fourth-order valence-corrected chi connectivity index (χ4v) is 3.42. The Morgan fingerprint density at radius 1 is 1.09 bits per heavy atom. The van der Waals surface area contributed by atoms with E-state index in [4.69, 9.17) is 0 Å². The summed E-state index contributed by atoms with van der Waals surface area (Å²) in [7, 11) is 0. The Morgan fingerprint density at radius 2 is 1.83 bits per heavy atom. The quantitative estimate of drug-likeness (QED) is 0.725. The minimum absolute atomic E-state index is 0.120. The number of aromatic nitrogens is 1. The number of amides is 1. The number of nitrogens with zero attached hydrogens (tertiary/aromatic N) is 1. The first-order valence-electron chi connectivity index (χ1n) is 8.08. The standard InChI is InChI=1S/C20H20N2O/c1-13-10-16-17-12-22(20(23)15-6-4-3-5-7-15)9-8-18(17)21-19(16)11-14(13)2/h3-7,10-11,21H,8-9,12H2,1-2H3. The summed E-state index contributed by atoms with van der Waals surface area (Å²) in [4.78, 5) is 18.2. The molecule has 1 N–H and O–H groups in total. The molecule has 3 heteroatoms. The van der Waals surface area contributed by atoms with Crippen LogP contribution in [0.5, 0.6) is 0 Å². The van der Waals surface area contributed by atoms with Gasteiger partial charge in [-0.25, -0.2) is 0 Å². The van der Waals surface area contributed by atoms with Crippen molar-refractivity contribution in [3.8, 4) is 0 Å². The van der Waals surface area contributed by atoms with E-state index in [2.05, 4.69) is 31.0 Å². The van der Waals surface area contributed by atoms with E-state index < -0.39 is 0 Å². The Balaban J connectivity index is 1.71. The lowest BCUT2D eigenvalue weighted by molar-refractivity contribution is 0.0735. The molecule has 0 spiro atoms. The number of aryl methyl sites for hydroxylation is 2. The highest BCUT2D eigenvalue weighted by Gasteiger charge is 2.24. The van der Waals surface area contributed by atoms with Crippen molar-refractivity contribution in [3.05, 3.63) is 70.4 Å². The Labute approximate surface area is 135 Å². The third-order valence-corrected chi connectivity index (χ3v) is 4.90. The van der Waals surface area contributed by atoms with Crippen LogP contribution < -0.4 is 0 Å². The zero-order valence-corrected chi connectivity index (χ0v) is 13.5. The predicted octanol–water partition coefficient (Wildman–Crippen LogP) is 3.98. The zero-order valence-electron chi connectivity index (χ0n) is 13.5. The van der Waals surface area contributed by atoms with Crippen molar-refractivity contribution in [1.29, 1.82) is 0 Å². The van der Waals surface area contributed by atoms with E-state index >= 15 is 0 Å². The molecule has 2 heterocycles. The van der Waals surface area contributed by atoms with Gasteiger partial charge in [0.15, 0.2) is 0 Å². The highest BCUT2D eigenvalue weighted by molar-refractivity contribution is 5.95. The van der Waals surface area contributed by atoms with E-state index in [9.17, 15) is 4.79 Å². The maximum absolute atomic E-state index is 12.7. The molecule has 2 aromatic carbocycles. The van der Waals surface area contributed by atoms with Crippen LogP contribution in [0.1, 0.15) is 32.7 Å². The van der Waals surface area contributed by atoms with Gasteiger partial charge in [-0.05, 0) is 49.2 Å². The van der Waals surface area contributed by atoms with Crippen molar-refractivity contribution in [1.82, 2.24) is 9.88 Å². The van der Waals surface area contributed by atoms with Crippen LogP contribution in [0.2, 0.25) is 0 Å². The van der Waals surface area contributed by atoms with Gasteiger partial charge in [0.1, 0.15) is 0 Å². The van der Waals surface area contributed by atoms with Crippen LogP contribution in [0.3, 0.4) is 0 Å². The largest absolute Gasteiger partial charge is 0.358 e. The second kappa shape index (κ2) is 5.27. The van der Waals surface area contributed by atoms with Crippen molar-refractivity contribution in [2.75, 3.05) is 6.54 Å². The van der Waals surface area contributed by atoms with Gasteiger partial charge in [0.25, 0.3) is 5.91 Å². The maximum atomic E-state index is 12.7. The summed E-state index contributed by atoms with van der Waals surface area (Å²) in [5.41, 5.74) is 7.11. The van der Waals surface area contributed by atoms with Crippen LogP contribution in [0.15, 0.2) is 42.5 Å². The third-order valence-electron chi connectivity index (χ3n) is 4.90. The van der Waals surface area contributed by atoms with Crippen molar-refractivity contribution >= 4 is 16.8 Å². The average molecular weight is 304 g/mol. The molecule has 116 valence electrons. The summed E-state index contributed by atoms with van der Waals surface area (Å²) >= 11 is 0. The van der Waals surface area contributed by atoms with E-state index in [0.717, 1.165) is 18.5 Å². The molecule has 0 unspecified atom stereocenters. The maximum Gasteiger partial charge on any atom is 0.254 e. The summed E-state index contributed by atoms with van der Waals surface area (Å²) in [6.45, 7) is 5.74. The summed E-state index contributed by atoms with van der Waals surface area (Å²) in [5.74, 6) is 0.120. The molecule has 3 aromatic rings. The first kappa shape index (κ1) is 14.1. The highest BCUT2D eigenvalue weighted by Crippen LogP contribution is 2.30. The van der Waals surface area contributed by atoms with E-state index in [0.29, 0.717) is 6.54 Å². The van der Waals surface area contributed by atoms with E-state index in [1.807, 2.05) is 35.2 Å². The number of hydrogen-bond acceptors (Lipinski definition) is 1. The van der Waals surface area contributed by atoms with Crippen LogP contribution in [-0.4, -0.2) is 22.3 Å². The lowest BCUT2D eigenvalue weighted by Gasteiger charge is -2.27. The smallest absolute Gasteiger partial charge is 0.254 e. The minimum Gasteiger partial charge on any atom is -0.358 e.